The van der Waals surface area contributed by atoms with Crippen LogP contribution in [-0.4, -0.2) is 29.6 Å². The number of nitrogens with one attached hydrogen (secondary N) is 1. The van der Waals surface area contributed by atoms with Crippen LogP contribution in [0.5, 0.6) is 11.5 Å². The third-order valence-corrected chi connectivity index (χ3v) is 5.87. The van der Waals surface area contributed by atoms with Crippen LogP contribution in [-0.2, 0) is 16.6 Å². The molecule has 4 heteroatoms. The summed E-state index contributed by atoms with van der Waals surface area (Å²) in [7, 11) is 0. The predicted molar refractivity (Wildman–Crippen MR) is 72.0 cm³/mol. The molecule has 2 aliphatic heterocycles. The molecule has 2 heterocycles. The van der Waals surface area contributed by atoms with Gasteiger partial charge in [-0.15, -0.1) is 0 Å². The fraction of sp³-hybridized carbons (Fsp3) is 0.562. The number of ether oxygens (including phenoxy) is 1. The van der Waals surface area contributed by atoms with Gasteiger partial charge in [0.2, 0.25) is 0 Å². The Labute approximate surface area is 117 Å². The molecule has 0 radical (unpaired) electrons. The molecule has 2 aliphatic carbocycles. The molecule has 1 aromatic rings. The van der Waals surface area contributed by atoms with Crippen molar-refractivity contribution in [3.05, 3.63) is 23.3 Å². The van der Waals surface area contributed by atoms with E-state index in [1.165, 1.54) is 11.1 Å². The Morgan fingerprint density at radius 3 is 3.20 bits per heavy atom. The van der Waals surface area contributed by atoms with Crippen LogP contribution in [0.25, 0.3) is 0 Å². The summed E-state index contributed by atoms with van der Waals surface area (Å²) in [5.41, 5.74) is 2.28. The smallest absolute Gasteiger partial charge is 0.174 e. The van der Waals surface area contributed by atoms with Crippen molar-refractivity contribution < 1.29 is 14.6 Å². The van der Waals surface area contributed by atoms with Gasteiger partial charge in [0.05, 0.1) is 0 Å². The minimum Gasteiger partial charge on any atom is -0.508 e. The molecule has 0 unspecified atom stereocenters. The highest BCUT2D eigenvalue weighted by molar-refractivity contribution is 5.88. The predicted octanol–water partition coefficient (Wildman–Crippen LogP) is 1.29. The molecule has 4 nitrogen and oxygen atoms in total. The van der Waals surface area contributed by atoms with Crippen molar-refractivity contribution in [1.29, 1.82) is 0 Å². The van der Waals surface area contributed by atoms with Gasteiger partial charge >= 0.3 is 0 Å². The highest BCUT2D eigenvalue weighted by Crippen LogP contribution is 2.60. The Kier molecular flexibility index (Phi) is 1.88. The highest BCUT2D eigenvalue weighted by atomic mass is 16.5. The van der Waals surface area contributed by atoms with E-state index in [0.29, 0.717) is 18.4 Å². The molecule has 1 saturated carbocycles. The SMILES string of the molecule is O=C1CC[C@H]2[C@H]3Cc4cc(O)cc5c4[C@@]2(CCN3)[C@H]1O5. The molecule has 4 aliphatic rings. The van der Waals surface area contributed by atoms with Crippen LogP contribution in [0.2, 0.25) is 0 Å². The summed E-state index contributed by atoms with van der Waals surface area (Å²) in [6.07, 6.45) is 3.19. The van der Waals surface area contributed by atoms with Gasteiger partial charge in [-0.05, 0) is 43.4 Å². The first kappa shape index (κ1) is 11.1. The van der Waals surface area contributed by atoms with Gasteiger partial charge in [-0.3, -0.25) is 4.79 Å². The van der Waals surface area contributed by atoms with E-state index in [4.69, 9.17) is 4.74 Å². The molecule has 1 aromatic carbocycles. The second-order valence-electron chi connectivity index (χ2n) is 6.64. The van der Waals surface area contributed by atoms with Crippen LogP contribution in [0.3, 0.4) is 0 Å². The van der Waals surface area contributed by atoms with Gasteiger partial charge in [0.1, 0.15) is 11.5 Å². The minimum absolute atomic E-state index is 0.123. The van der Waals surface area contributed by atoms with Gasteiger partial charge in [0, 0.05) is 29.5 Å². The molecular weight excluding hydrogens is 254 g/mol. The number of hydrogen-bond donors (Lipinski definition) is 2. The molecule has 1 spiro atoms. The minimum atomic E-state index is -0.318. The zero-order chi connectivity index (χ0) is 13.5. The van der Waals surface area contributed by atoms with Crippen molar-refractivity contribution in [2.45, 2.75) is 43.2 Å². The number of piperidine rings is 1. The van der Waals surface area contributed by atoms with E-state index in [-0.39, 0.29) is 23.1 Å². The Morgan fingerprint density at radius 1 is 1.40 bits per heavy atom. The van der Waals surface area contributed by atoms with Crippen molar-refractivity contribution in [1.82, 2.24) is 5.32 Å². The van der Waals surface area contributed by atoms with Crippen molar-refractivity contribution in [3.63, 3.8) is 0 Å². The van der Waals surface area contributed by atoms with Crippen molar-refractivity contribution >= 4 is 5.78 Å². The zero-order valence-electron chi connectivity index (χ0n) is 11.2. The standard InChI is InChI=1S/C16H17NO3/c18-9-5-8-6-11-10-1-2-12(19)15-16(10,3-4-17-11)14(8)13(7-9)20-15/h5,7,10-11,15,17-18H,1-4,6H2/t10-,11+,15-,16-/m0/s1. The van der Waals surface area contributed by atoms with Gasteiger partial charge in [-0.2, -0.15) is 0 Å². The third kappa shape index (κ3) is 1.07. The van der Waals surface area contributed by atoms with Gasteiger partial charge in [-0.1, -0.05) is 0 Å². The second kappa shape index (κ2) is 3.37. The summed E-state index contributed by atoms with van der Waals surface area (Å²) in [6, 6.07) is 3.98. The number of phenols is 1. The first-order valence-electron chi connectivity index (χ1n) is 7.49. The average Bonchev–Trinajstić information content (AvgIpc) is 2.72. The van der Waals surface area contributed by atoms with Crippen LogP contribution in [0.1, 0.15) is 30.4 Å². The Bertz CT molecular complexity index is 641. The lowest BCUT2D eigenvalue weighted by Crippen LogP contribution is -2.65. The summed E-state index contributed by atoms with van der Waals surface area (Å²) < 4.78 is 6.03. The fourth-order valence-electron chi connectivity index (χ4n) is 5.28. The summed E-state index contributed by atoms with van der Waals surface area (Å²) >= 11 is 0. The van der Waals surface area contributed by atoms with E-state index >= 15 is 0 Å². The van der Waals surface area contributed by atoms with Crippen LogP contribution in [0.4, 0.5) is 0 Å². The molecule has 1 saturated heterocycles. The average molecular weight is 271 g/mol. The fourth-order valence-corrected chi connectivity index (χ4v) is 5.28. The molecule has 2 fully saturated rings. The Balaban J connectivity index is 1.84. The normalized spacial score (nSPS) is 40.2. The number of aromatic hydroxyl groups is 1. The van der Waals surface area contributed by atoms with Crippen molar-refractivity contribution in [2.75, 3.05) is 6.54 Å². The molecule has 5 rings (SSSR count). The van der Waals surface area contributed by atoms with E-state index < -0.39 is 0 Å². The highest BCUT2D eigenvalue weighted by Gasteiger charge is 2.64. The first-order chi connectivity index (χ1) is 9.70. The van der Waals surface area contributed by atoms with Crippen LogP contribution in [0, 0.1) is 5.92 Å². The maximum atomic E-state index is 12.4. The second-order valence-corrected chi connectivity index (χ2v) is 6.64. The van der Waals surface area contributed by atoms with Crippen LogP contribution < -0.4 is 10.1 Å². The molecule has 0 amide bonds. The van der Waals surface area contributed by atoms with Gasteiger partial charge < -0.3 is 15.2 Å². The lowest BCUT2D eigenvalue weighted by Gasteiger charge is -2.54. The number of hydrogen-bond acceptors (Lipinski definition) is 4. The van der Waals surface area contributed by atoms with E-state index in [1.807, 2.05) is 6.07 Å². The summed E-state index contributed by atoms with van der Waals surface area (Å²) in [4.78, 5) is 12.4. The number of Topliss-reactive ketones (excluding diaryl/α,β-unsaturated/α-hetero) is 1. The van der Waals surface area contributed by atoms with Crippen molar-refractivity contribution in [2.24, 2.45) is 5.92 Å². The number of benzene rings is 1. The van der Waals surface area contributed by atoms with Gasteiger partial charge in [0.15, 0.2) is 11.9 Å². The third-order valence-electron chi connectivity index (χ3n) is 5.87. The van der Waals surface area contributed by atoms with Gasteiger partial charge in [0.25, 0.3) is 0 Å². The first-order valence-corrected chi connectivity index (χ1v) is 7.49. The molecular formula is C16H17NO3. The van der Waals surface area contributed by atoms with Crippen LogP contribution >= 0.6 is 0 Å². The topological polar surface area (TPSA) is 58.6 Å². The number of carbonyl (C=O) groups excluding carboxylic acids is 1. The van der Waals surface area contributed by atoms with E-state index in [0.717, 1.165) is 31.6 Å². The molecule has 4 atom stereocenters. The maximum absolute atomic E-state index is 12.4. The van der Waals surface area contributed by atoms with Crippen molar-refractivity contribution in [3.8, 4) is 11.5 Å². The summed E-state index contributed by atoms with van der Waals surface area (Å²) in [5, 5.41) is 13.5. The summed E-state index contributed by atoms with van der Waals surface area (Å²) in [6.45, 7) is 0.952. The maximum Gasteiger partial charge on any atom is 0.174 e. The van der Waals surface area contributed by atoms with E-state index in [9.17, 15) is 9.90 Å². The van der Waals surface area contributed by atoms with E-state index in [1.54, 1.807) is 6.07 Å². The summed E-state index contributed by atoms with van der Waals surface area (Å²) in [5.74, 6) is 1.74. The van der Waals surface area contributed by atoms with Gasteiger partial charge in [-0.25, -0.2) is 0 Å². The Morgan fingerprint density at radius 2 is 2.30 bits per heavy atom. The Hall–Kier alpha value is -1.55. The van der Waals surface area contributed by atoms with Crippen LogP contribution in [0.15, 0.2) is 12.1 Å². The number of phenolic OH excluding ortho intramolecular Hbond substituents is 1. The quantitative estimate of drug-likeness (QED) is 0.746. The number of ketones is 1. The lowest BCUT2D eigenvalue weighted by atomic mass is 9.52. The molecule has 0 aromatic heterocycles. The number of carbonyl (C=O) groups is 1. The monoisotopic (exact) mass is 271 g/mol. The molecule has 20 heavy (non-hydrogen) atoms. The largest absolute Gasteiger partial charge is 0.508 e. The number of rotatable bonds is 0. The molecule has 2 N–H and O–H groups in total. The molecule has 104 valence electrons. The van der Waals surface area contributed by atoms with E-state index in [2.05, 4.69) is 5.32 Å². The zero-order valence-corrected chi connectivity index (χ0v) is 11.2. The lowest BCUT2D eigenvalue weighted by molar-refractivity contribution is -0.135. The molecule has 2 bridgehead atoms.